The molecule has 0 aromatic heterocycles. The Bertz CT molecular complexity index is 424. The maximum absolute atomic E-state index is 12.3. The molecule has 4 heteroatoms. The summed E-state index contributed by atoms with van der Waals surface area (Å²) in [6, 6.07) is 5.93. The monoisotopic (exact) mass is 284 g/mol. The topological polar surface area (TPSA) is 46.3 Å². The van der Waals surface area contributed by atoms with Gasteiger partial charge in [-0.1, -0.05) is 31.0 Å². The van der Waals surface area contributed by atoms with Crippen LogP contribution in [0.4, 0.5) is 0 Å². The molecule has 1 amide bonds. The van der Waals surface area contributed by atoms with E-state index in [4.69, 9.17) is 5.73 Å². The van der Waals surface area contributed by atoms with Gasteiger partial charge in [0.15, 0.2) is 0 Å². The Balaban J connectivity index is 0.00000324. The Morgan fingerprint density at radius 3 is 2.11 bits per heavy atom. The minimum Gasteiger partial charge on any atom is -0.341 e. The number of hydrogen-bond acceptors (Lipinski definition) is 2. The molecule has 0 radical (unpaired) electrons. The summed E-state index contributed by atoms with van der Waals surface area (Å²) >= 11 is 0. The van der Waals surface area contributed by atoms with Crippen molar-refractivity contribution < 1.29 is 4.79 Å². The summed E-state index contributed by atoms with van der Waals surface area (Å²) in [6.07, 6.45) is 0. The molecule has 2 N–H and O–H groups in total. The predicted octanol–water partition coefficient (Wildman–Crippen LogP) is 2.78. The van der Waals surface area contributed by atoms with Crippen molar-refractivity contribution in [2.75, 3.05) is 20.1 Å². The van der Waals surface area contributed by atoms with Crippen molar-refractivity contribution >= 4 is 18.3 Å². The quantitative estimate of drug-likeness (QED) is 0.924. The third kappa shape index (κ3) is 5.21. The standard InChI is InChI=1S/C15H24N2O.ClH/c1-11-6-12(2)8-13(7-11)14(18)17(5)10-15(3,4)9-16;/h6-8H,9-10,16H2,1-5H3;1H. The van der Waals surface area contributed by atoms with E-state index in [9.17, 15) is 4.79 Å². The Hall–Kier alpha value is -1.06. The molecule has 0 aliphatic rings. The van der Waals surface area contributed by atoms with E-state index in [1.165, 1.54) is 0 Å². The predicted molar refractivity (Wildman–Crippen MR) is 83.0 cm³/mol. The van der Waals surface area contributed by atoms with Crippen molar-refractivity contribution in [1.29, 1.82) is 0 Å². The zero-order chi connectivity index (χ0) is 13.9. The van der Waals surface area contributed by atoms with E-state index < -0.39 is 0 Å². The van der Waals surface area contributed by atoms with E-state index >= 15 is 0 Å². The number of benzene rings is 1. The van der Waals surface area contributed by atoms with Gasteiger partial charge in [-0.25, -0.2) is 0 Å². The van der Waals surface area contributed by atoms with Gasteiger partial charge in [-0.05, 0) is 37.9 Å². The van der Waals surface area contributed by atoms with Gasteiger partial charge < -0.3 is 10.6 Å². The number of nitrogens with two attached hydrogens (primary N) is 1. The van der Waals surface area contributed by atoms with Crippen molar-refractivity contribution in [2.24, 2.45) is 11.1 Å². The fourth-order valence-electron chi connectivity index (χ4n) is 2.10. The van der Waals surface area contributed by atoms with Gasteiger partial charge in [0.05, 0.1) is 0 Å². The first-order chi connectivity index (χ1) is 8.25. The van der Waals surface area contributed by atoms with Crippen LogP contribution in [-0.2, 0) is 0 Å². The van der Waals surface area contributed by atoms with E-state index in [1.54, 1.807) is 4.90 Å². The lowest BCUT2D eigenvalue weighted by molar-refractivity contribution is 0.0740. The van der Waals surface area contributed by atoms with Gasteiger partial charge >= 0.3 is 0 Å². The molecule has 0 unspecified atom stereocenters. The molecule has 0 fully saturated rings. The van der Waals surface area contributed by atoms with Crippen LogP contribution in [0, 0.1) is 19.3 Å². The Morgan fingerprint density at radius 2 is 1.68 bits per heavy atom. The highest BCUT2D eigenvalue weighted by molar-refractivity contribution is 5.94. The minimum atomic E-state index is -0.0523. The van der Waals surface area contributed by atoms with Crippen LogP contribution in [0.25, 0.3) is 0 Å². The molecule has 1 aromatic rings. The number of hydrogen-bond donors (Lipinski definition) is 1. The molecular formula is C15H25ClN2O. The van der Waals surface area contributed by atoms with Crippen LogP contribution in [0.2, 0.25) is 0 Å². The number of aryl methyl sites for hydroxylation is 2. The fourth-order valence-corrected chi connectivity index (χ4v) is 2.10. The van der Waals surface area contributed by atoms with Crippen LogP contribution >= 0.6 is 12.4 Å². The summed E-state index contributed by atoms with van der Waals surface area (Å²) in [6.45, 7) is 9.38. The average Bonchev–Trinajstić information content (AvgIpc) is 2.26. The zero-order valence-corrected chi connectivity index (χ0v) is 13.3. The molecule has 0 aliphatic carbocycles. The molecule has 0 saturated carbocycles. The Labute approximate surface area is 122 Å². The van der Waals surface area contributed by atoms with Gasteiger partial charge in [0.2, 0.25) is 0 Å². The molecule has 19 heavy (non-hydrogen) atoms. The van der Waals surface area contributed by atoms with Gasteiger partial charge in [-0.2, -0.15) is 0 Å². The molecule has 0 saturated heterocycles. The largest absolute Gasteiger partial charge is 0.341 e. The molecule has 1 rings (SSSR count). The van der Waals surface area contributed by atoms with E-state index in [2.05, 4.69) is 19.9 Å². The summed E-state index contributed by atoms with van der Waals surface area (Å²) in [4.78, 5) is 14.1. The number of rotatable bonds is 4. The molecule has 1 aromatic carbocycles. The van der Waals surface area contributed by atoms with Gasteiger partial charge in [-0.15, -0.1) is 12.4 Å². The second-order valence-electron chi connectivity index (χ2n) is 5.91. The average molecular weight is 285 g/mol. The van der Waals surface area contributed by atoms with E-state index in [0.717, 1.165) is 16.7 Å². The lowest BCUT2D eigenvalue weighted by atomic mass is 9.93. The highest BCUT2D eigenvalue weighted by Crippen LogP contribution is 2.17. The number of carbonyl (C=O) groups is 1. The van der Waals surface area contributed by atoms with Crippen molar-refractivity contribution in [3.8, 4) is 0 Å². The van der Waals surface area contributed by atoms with E-state index in [0.29, 0.717) is 13.1 Å². The molecule has 108 valence electrons. The normalized spacial score (nSPS) is 10.8. The van der Waals surface area contributed by atoms with Gasteiger partial charge in [0, 0.05) is 19.2 Å². The first-order valence-corrected chi connectivity index (χ1v) is 6.29. The molecule has 0 aliphatic heterocycles. The highest BCUT2D eigenvalue weighted by atomic mass is 35.5. The molecule has 0 heterocycles. The summed E-state index contributed by atoms with van der Waals surface area (Å²) in [5.41, 5.74) is 8.64. The summed E-state index contributed by atoms with van der Waals surface area (Å²) < 4.78 is 0. The van der Waals surface area contributed by atoms with Crippen molar-refractivity contribution in [2.45, 2.75) is 27.7 Å². The zero-order valence-electron chi connectivity index (χ0n) is 12.5. The van der Waals surface area contributed by atoms with Crippen LogP contribution in [0.3, 0.4) is 0 Å². The van der Waals surface area contributed by atoms with Crippen molar-refractivity contribution in [3.05, 3.63) is 34.9 Å². The Morgan fingerprint density at radius 1 is 1.21 bits per heavy atom. The SMILES string of the molecule is Cc1cc(C)cc(C(=O)N(C)CC(C)(C)CN)c1.Cl. The second kappa shape index (κ2) is 6.92. The number of nitrogens with zero attached hydrogens (tertiary/aromatic N) is 1. The van der Waals surface area contributed by atoms with Crippen molar-refractivity contribution in [3.63, 3.8) is 0 Å². The van der Waals surface area contributed by atoms with Gasteiger partial charge in [0.1, 0.15) is 0 Å². The molecule has 3 nitrogen and oxygen atoms in total. The van der Waals surface area contributed by atoms with E-state index in [-0.39, 0.29) is 23.7 Å². The van der Waals surface area contributed by atoms with Crippen LogP contribution in [0.15, 0.2) is 18.2 Å². The second-order valence-corrected chi connectivity index (χ2v) is 5.91. The maximum Gasteiger partial charge on any atom is 0.253 e. The lowest BCUT2D eigenvalue weighted by Crippen LogP contribution is -2.39. The molecule has 0 bridgehead atoms. The first kappa shape index (κ1) is 17.9. The number of halogens is 1. The molecule has 0 spiro atoms. The summed E-state index contributed by atoms with van der Waals surface area (Å²) in [7, 11) is 1.83. The summed E-state index contributed by atoms with van der Waals surface area (Å²) in [5.74, 6) is 0.0586. The van der Waals surface area contributed by atoms with Crippen LogP contribution < -0.4 is 5.73 Å². The molecular weight excluding hydrogens is 260 g/mol. The molecule has 0 atom stereocenters. The van der Waals surface area contributed by atoms with Gasteiger partial charge in [-0.3, -0.25) is 4.79 Å². The smallest absolute Gasteiger partial charge is 0.253 e. The third-order valence-electron chi connectivity index (χ3n) is 3.03. The summed E-state index contributed by atoms with van der Waals surface area (Å²) in [5, 5.41) is 0. The third-order valence-corrected chi connectivity index (χ3v) is 3.03. The number of amides is 1. The Kier molecular flexibility index (Phi) is 6.53. The van der Waals surface area contributed by atoms with Crippen LogP contribution in [-0.4, -0.2) is 30.9 Å². The highest BCUT2D eigenvalue weighted by Gasteiger charge is 2.22. The van der Waals surface area contributed by atoms with Crippen molar-refractivity contribution in [1.82, 2.24) is 4.90 Å². The fraction of sp³-hybridized carbons (Fsp3) is 0.533. The first-order valence-electron chi connectivity index (χ1n) is 6.29. The minimum absolute atomic E-state index is 0. The van der Waals surface area contributed by atoms with Crippen LogP contribution in [0.1, 0.15) is 35.3 Å². The maximum atomic E-state index is 12.3. The van der Waals surface area contributed by atoms with Crippen LogP contribution in [0.5, 0.6) is 0 Å². The number of carbonyl (C=O) groups excluding carboxylic acids is 1. The van der Waals surface area contributed by atoms with Gasteiger partial charge in [0.25, 0.3) is 5.91 Å². The lowest BCUT2D eigenvalue weighted by Gasteiger charge is -2.29. The van der Waals surface area contributed by atoms with E-state index in [1.807, 2.05) is 33.0 Å².